The average molecular weight is 259 g/mol. The summed E-state index contributed by atoms with van der Waals surface area (Å²) in [6.07, 6.45) is 7.40. The molecule has 4 nitrogen and oxygen atoms in total. The van der Waals surface area contributed by atoms with E-state index < -0.39 is 0 Å². The predicted octanol–water partition coefficient (Wildman–Crippen LogP) is 3.46. The highest BCUT2D eigenvalue weighted by molar-refractivity contribution is 5.35. The second-order valence-electron chi connectivity index (χ2n) is 4.81. The van der Waals surface area contributed by atoms with Crippen LogP contribution in [0.4, 0.5) is 5.82 Å². The first-order valence-electron chi connectivity index (χ1n) is 6.87. The van der Waals surface area contributed by atoms with Crippen LogP contribution in [0.1, 0.15) is 38.1 Å². The van der Waals surface area contributed by atoms with Gasteiger partial charge in [-0.05, 0) is 31.9 Å². The smallest absolute Gasteiger partial charge is 0.129 e. The monoisotopic (exact) mass is 259 g/mol. The molecule has 2 rings (SSSR count). The molecule has 0 radical (unpaired) electrons. The quantitative estimate of drug-likeness (QED) is 0.827. The summed E-state index contributed by atoms with van der Waals surface area (Å²) >= 11 is 0. The molecule has 19 heavy (non-hydrogen) atoms. The highest BCUT2D eigenvalue weighted by atomic mass is 16.3. The number of hydrogen-bond acceptors (Lipinski definition) is 4. The Kier molecular flexibility index (Phi) is 4.95. The number of hydrogen-bond donors (Lipinski definition) is 1. The Morgan fingerprint density at radius 2 is 2.21 bits per heavy atom. The second-order valence-corrected chi connectivity index (χ2v) is 4.81. The number of nitrogens with zero attached hydrogens (tertiary/aromatic N) is 2. The molecule has 102 valence electrons. The van der Waals surface area contributed by atoms with Crippen LogP contribution in [0, 0.1) is 0 Å². The first-order chi connectivity index (χ1) is 9.28. The summed E-state index contributed by atoms with van der Waals surface area (Å²) in [4.78, 5) is 8.52. The summed E-state index contributed by atoms with van der Waals surface area (Å²) in [6.45, 7) is 4.31. The lowest BCUT2D eigenvalue weighted by Gasteiger charge is -2.14. The highest BCUT2D eigenvalue weighted by Gasteiger charge is 2.06. The van der Waals surface area contributed by atoms with Crippen molar-refractivity contribution in [2.45, 2.75) is 45.6 Å². The van der Waals surface area contributed by atoms with E-state index in [0.717, 1.165) is 43.0 Å². The van der Waals surface area contributed by atoms with Gasteiger partial charge in [0.05, 0.1) is 6.26 Å². The molecule has 1 N–H and O–H groups in total. The zero-order valence-electron chi connectivity index (χ0n) is 11.6. The number of rotatable bonds is 7. The number of aryl methyl sites for hydroxylation is 2. The number of aromatic nitrogens is 2. The van der Waals surface area contributed by atoms with Crippen LogP contribution in [0.3, 0.4) is 0 Å². The van der Waals surface area contributed by atoms with Gasteiger partial charge in [-0.3, -0.25) is 0 Å². The van der Waals surface area contributed by atoms with Crippen LogP contribution < -0.4 is 5.32 Å². The van der Waals surface area contributed by atoms with E-state index >= 15 is 0 Å². The van der Waals surface area contributed by atoms with Gasteiger partial charge in [-0.2, -0.15) is 0 Å². The summed E-state index contributed by atoms with van der Waals surface area (Å²) in [5.41, 5.74) is 1.10. The van der Waals surface area contributed by atoms with Gasteiger partial charge in [0, 0.05) is 24.2 Å². The number of nitrogens with one attached hydrogen (secondary N) is 1. The van der Waals surface area contributed by atoms with Crippen molar-refractivity contribution in [2.24, 2.45) is 0 Å². The third-order valence-electron chi connectivity index (χ3n) is 3.03. The number of anilines is 1. The Labute approximate surface area is 114 Å². The van der Waals surface area contributed by atoms with Crippen LogP contribution in [0.2, 0.25) is 0 Å². The van der Waals surface area contributed by atoms with Gasteiger partial charge in [0.2, 0.25) is 0 Å². The molecule has 2 aromatic heterocycles. The van der Waals surface area contributed by atoms with Gasteiger partial charge < -0.3 is 9.73 Å². The Balaban J connectivity index is 1.84. The molecule has 0 aliphatic carbocycles. The van der Waals surface area contributed by atoms with Crippen molar-refractivity contribution in [3.05, 3.63) is 42.2 Å². The van der Waals surface area contributed by atoms with E-state index in [2.05, 4.69) is 29.1 Å². The molecular formula is C15H21N3O. The maximum Gasteiger partial charge on any atom is 0.129 e. The molecule has 2 heterocycles. The molecule has 1 unspecified atom stereocenters. The average Bonchev–Trinajstić information content (AvgIpc) is 2.90. The van der Waals surface area contributed by atoms with Crippen molar-refractivity contribution in [1.82, 2.24) is 9.97 Å². The van der Waals surface area contributed by atoms with Crippen molar-refractivity contribution < 1.29 is 4.42 Å². The largest absolute Gasteiger partial charge is 0.469 e. The normalized spacial score (nSPS) is 12.3. The summed E-state index contributed by atoms with van der Waals surface area (Å²) in [6, 6.07) is 6.33. The molecule has 0 saturated carbocycles. The van der Waals surface area contributed by atoms with E-state index in [4.69, 9.17) is 4.42 Å². The fourth-order valence-corrected chi connectivity index (χ4v) is 2.01. The summed E-state index contributed by atoms with van der Waals surface area (Å²) in [7, 11) is 0. The van der Waals surface area contributed by atoms with Crippen molar-refractivity contribution in [1.29, 1.82) is 0 Å². The molecule has 4 heteroatoms. The van der Waals surface area contributed by atoms with Gasteiger partial charge in [0.15, 0.2) is 0 Å². The molecule has 0 aliphatic rings. The van der Waals surface area contributed by atoms with Crippen LogP contribution in [-0.2, 0) is 12.8 Å². The lowest BCUT2D eigenvalue weighted by Crippen LogP contribution is -2.17. The minimum absolute atomic E-state index is 0.356. The molecular weight excluding hydrogens is 238 g/mol. The van der Waals surface area contributed by atoms with Crippen LogP contribution in [-0.4, -0.2) is 16.0 Å². The molecule has 0 fully saturated rings. The fourth-order valence-electron chi connectivity index (χ4n) is 2.01. The summed E-state index contributed by atoms with van der Waals surface area (Å²) in [5.74, 6) is 1.94. The zero-order valence-corrected chi connectivity index (χ0v) is 11.6. The van der Waals surface area contributed by atoms with Gasteiger partial charge in [0.25, 0.3) is 0 Å². The molecule has 0 bridgehead atoms. The lowest BCUT2D eigenvalue weighted by molar-refractivity contribution is 0.495. The molecule has 0 amide bonds. The highest BCUT2D eigenvalue weighted by Crippen LogP contribution is 2.11. The third-order valence-corrected chi connectivity index (χ3v) is 3.03. The Bertz CT molecular complexity index is 482. The topological polar surface area (TPSA) is 51.0 Å². The lowest BCUT2D eigenvalue weighted by atomic mass is 10.1. The van der Waals surface area contributed by atoms with Crippen molar-refractivity contribution in [3.63, 3.8) is 0 Å². The van der Waals surface area contributed by atoms with E-state index in [1.54, 1.807) is 12.6 Å². The molecule has 0 aliphatic heterocycles. The van der Waals surface area contributed by atoms with Gasteiger partial charge in [-0.25, -0.2) is 9.97 Å². The third kappa shape index (κ3) is 4.39. The summed E-state index contributed by atoms with van der Waals surface area (Å²) in [5, 5.41) is 3.41. The van der Waals surface area contributed by atoms with Gasteiger partial charge >= 0.3 is 0 Å². The predicted molar refractivity (Wildman–Crippen MR) is 76.1 cm³/mol. The van der Waals surface area contributed by atoms with Crippen molar-refractivity contribution >= 4 is 5.82 Å². The Hall–Kier alpha value is -1.84. The van der Waals surface area contributed by atoms with Gasteiger partial charge in [-0.1, -0.05) is 13.3 Å². The molecule has 0 spiro atoms. The second kappa shape index (κ2) is 6.92. The van der Waals surface area contributed by atoms with Crippen molar-refractivity contribution in [3.8, 4) is 0 Å². The molecule has 2 aromatic rings. The molecule has 0 aromatic carbocycles. The molecule has 1 atom stereocenters. The van der Waals surface area contributed by atoms with E-state index in [1.807, 2.05) is 18.2 Å². The molecule has 0 saturated heterocycles. The maximum atomic E-state index is 5.33. The maximum absolute atomic E-state index is 5.33. The number of furan rings is 1. The van der Waals surface area contributed by atoms with Crippen LogP contribution in [0.15, 0.2) is 35.2 Å². The van der Waals surface area contributed by atoms with Crippen molar-refractivity contribution in [2.75, 3.05) is 5.32 Å². The minimum Gasteiger partial charge on any atom is -0.469 e. The SMILES string of the molecule is CCCc1cc(NC(C)CCc2ccco2)ncn1. The van der Waals surface area contributed by atoms with E-state index in [9.17, 15) is 0 Å². The standard InChI is InChI=1S/C15H21N3O/c1-3-5-13-10-15(17-11-16-13)18-12(2)7-8-14-6-4-9-19-14/h4,6,9-12H,3,5,7-8H2,1-2H3,(H,16,17,18). The van der Waals surface area contributed by atoms with E-state index in [-0.39, 0.29) is 0 Å². The first kappa shape index (κ1) is 13.6. The zero-order chi connectivity index (χ0) is 13.5. The van der Waals surface area contributed by atoms with Crippen LogP contribution >= 0.6 is 0 Å². The van der Waals surface area contributed by atoms with Crippen LogP contribution in [0.25, 0.3) is 0 Å². The Morgan fingerprint density at radius 3 is 2.95 bits per heavy atom. The van der Waals surface area contributed by atoms with E-state index in [1.165, 1.54) is 0 Å². The summed E-state index contributed by atoms with van der Waals surface area (Å²) < 4.78 is 5.33. The van der Waals surface area contributed by atoms with Gasteiger partial charge in [0.1, 0.15) is 17.9 Å². The van der Waals surface area contributed by atoms with Gasteiger partial charge in [-0.15, -0.1) is 0 Å². The first-order valence-corrected chi connectivity index (χ1v) is 6.87. The fraction of sp³-hybridized carbons (Fsp3) is 0.467. The van der Waals surface area contributed by atoms with E-state index in [0.29, 0.717) is 6.04 Å². The minimum atomic E-state index is 0.356. The van der Waals surface area contributed by atoms with Crippen LogP contribution in [0.5, 0.6) is 0 Å². The Morgan fingerprint density at radius 1 is 1.32 bits per heavy atom.